The van der Waals surface area contributed by atoms with E-state index in [9.17, 15) is 4.79 Å². The van der Waals surface area contributed by atoms with Crippen LogP contribution in [0, 0.1) is 0 Å². The lowest BCUT2D eigenvalue weighted by atomic mass is 9.90. The van der Waals surface area contributed by atoms with Crippen LogP contribution in [-0.4, -0.2) is 24.5 Å². The van der Waals surface area contributed by atoms with Crippen LogP contribution in [0.25, 0.3) is 0 Å². The molecule has 0 atom stereocenters. The average Bonchev–Trinajstić information content (AvgIpc) is 2.32. The maximum absolute atomic E-state index is 11.1. The third-order valence-electron chi connectivity index (χ3n) is 3.40. The molecule has 1 aromatic rings. The van der Waals surface area contributed by atoms with Crippen LogP contribution in [0.2, 0.25) is 5.02 Å². The zero-order chi connectivity index (χ0) is 13.2. The predicted octanol–water partition coefficient (Wildman–Crippen LogP) is 1.99. The fourth-order valence-electron chi connectivity index (χ4n) is 2.20. The molecule has 5 heteroatoms. The molecule has 0 saturated carbocycles. The van der Waals surface area contributed by atoms with Crippen LogP contribution in [-0.2, 0) is 0 Å². The Balaban J connectivity index is 2.16. The first-order chi connectivity index (χ1) is 8.50. The van der Waals surface area contributed by atoms with Crippen LogP contribution in [0.4, 0.5) is 5.69 Å². The lowest BCUT2D eigenvalue weighted by Crippen LogP contribution is -2.45. The monoisotopic (exact) mass is 267 g/mol. The fourth-order valence-corrected chi connectivity index (χ4v) is 2.43. The van der Waals surface area contributed by atoms with Crippen molar-refractivity contribution in [1.82, 2.24) is 5.32 Å². The standard InChI is InChI=1S/C13H18ClN3O/c1-13(4-6-16-7-5-13)17-11-3-2-9(12(15)18)8-10(11)14/h2-3,8,16-17H,4-7H2,1H3,(H2,15,18). The van der Waals surface area contributed by atoms with E-state index in [1.165, 1.54) is 0 Å². The van der Waals surface area contributed by atoms with Crippen LogP contribution < -0.4 is 16.4 Å². The lowest BCUT2D eigenvalue weighted by Gasteiger charge is -2.36. The summed E-state index contributed by atoms with van der Waals surface area (Å²) in [4.78, 5) is 11.1. The maximum atomic E-state index is 11.1. The minimum atomic E-state index is -0.462. The number of benzene rings is 1. The van der Waals surface area contributed by atoms with Gasteiger partial charge in [0, 0.05) is 11.1 Å². The van der Waals surface area contributed by atoms with Gasteiger partial charge < -0.3 is 16.4 Å². The zero-order valence-electron chi connectivity index (χ0n) is 10.4. The van der Waals surface area contributed by atoms with Crippen LogP contribution in [0.5, 0.6) is 0 Å². The Kier molecular flexibility index (Phi) is 3.78. The minimum Gasteiger partial charge on any atom is -0.379 e. The van der Waals surface area contributed by atoms with Gasteiger partial charge in [-0.2, -0.15) is 0 Å². The van der Waals surface area contributed by atoms with Gasteiger partial charge in [0.2, 0.25) is 5.91 Å². The van der Waals surface area contributed by atoms with Crippen molar-refractivity contribution in [3.8, 4) is 0 Å². The molecule has 4 N–H and O–H groups in total. The van der Waals surface area contributed by atoms with E-state index in [0.29, 0.717) is 10.6 Å². The number of piperidine rings is 1. The number of primary amides is 1. The molecule has 18 heavy (non-hydrogen) atoms. The highest BCUT2D eigenvalue weighted by atomic mass is 35.5. The molecule has 98 valence electrons. The second kappa shape index (κ2) is 5.16. The number of carbonyl (C=O) groups excluding carboxylic acids is 1. The summed E-state index contributed by atoms with van der Waals surface area (Å²) in [6, 6.07) is 5.12. The second-order valence-electron chi connectivity index (χ2n) is 4.99. The largest absolute Gasteiger partial charge is 0.379 e. The number of hydrogen-bond donors (Lipinski definition) is 3. The first-order valence-corrected chi connectivity index (χ1v) is 6.46. The quantitative estimate of drug-likeness (QED) is 0.785. The molecule has 1 heterocycles. The Morgan fingerprint density at radius 1 is 1.44 bits per heavy atom. The van der Waals surface area contributed by atoms with E-state index in [-0.39, 0.29) is 5.54 Å². The Hall–Kier alpha value is -1.26. The summed E-state index contributed by atoms with van der Waals surface area (Å²) in [5, 5.41) is 7.33. The maximum Gasteiger partial charge on any atom is 0.248 e. The fraction of sp³-hybridized carbons (Fsp3) is 0.462. The van der Waals surface area contributed by atoms with Crippen molar-refractivity contribution < 1.29 is 4.79 Å². The first-order valence-electron chi connectivity index (χ1n) is 6.08. The van der Waals surface area contributed by atoms with E-state index in [1.807, 2.05) is 6.07 Å². The van der Waals surface area contributed by atoms with E-state index in [1.54, 1.807) is 12.1 Å². The average molecular weight is 268 g/mol. The summed E-state index contributed by atoms with van der Waals surface area (Å²) >= 11 is 6.17. The summed E-state index contributed by atoms with van der Waals surface area (Å²) in [5.41, 5.74) is 6.55. The number of rotatable bonds is 3. The molecule has 0 bridgehead atoms. The molecule has 4 nitrogen and oxygen atoms in total. The number of carbonyl (C=O) groups is 1. The molecule has 1 fully saturated rings. The van der Waals surface area contributed by atoms with Gasteiger partial charge in [0.15, 0.2) is 0 Å². The topological polar surface area (TPSA) is 67.1 Å². The Morgan fingerprint density at radius 3 is 2.67 bits per heavy atom. The van der Waals surface area contributed by atoms with Gasteiger partial charge in [-0.25, -0.2) is 0 Å². The number of nitrogens with one attached hydrogen (secondary N) is 2. The highest BCUT2D eigenvalue weighted by molar-refractivity contribution is 6.33. The van der Waals surface area contributed by atoms with Gasteiger partial charge in [0.05, 0.1) is 10.7 Å². The van der Waals surface area contributed by atoms with E-state index < -0.39 is 5.91 Å². The van der Waals surface area contributed by atoms with Gasteiger partial charge in [-0.1, -0.05) is 11.6 Å². The molecule has 1 aromatic carbocycles. The number of amides is 1. The minimum absolute atomic E-state index is 0.0448. The molecule has 0 aromatic heterocycles. The third-order valence-corrected chi connectivity index (χ3v) is 3.71. The van der Waals surface area contributed by atoms with Gasteiger partial charge in [-0.3, -0.25) is 4.79 Å². The van der Waals surface area contributed by atoms with Crippen molar-refractivity contribution >= 4 is 23.2 Å². The third kappa shape index (κ3) is 2.94. The zero-order valence-corrected chi connectivity index (χ0v) is 11.2. The normalized spacial score (nSPS) is 18.3. The highest BCUT2D eigenvalue weighted by Crippen LogP contribution is 2.29. The molecule has 2 rings (SSSR count). The SMILES string of the molecule is CC1(Nc2ccc(C(N)=O)cc2Cl)CCNCC1. The molecule has 1 aliphatic rings. The van der Waals surface area contributed by atoms with Crippen LogP contribution in [0.1, 0.15) is 30.1 Å². The van der Waals surface area contributed by atoms with Gasteiger partial charge in [0.1, 0.15) is 0 Å². The predicted molar refractivity (Wildman–Crippen MR) is 74.1 cm³/mol. The molecule has 0 aliphatic carbocycles. The molecule has 0 radical (unpaired) electrons. The van der Waals surface area contributed by atoms with Crippen molar-refractivity contribution in [1.29, 1.82) is 0 Å². The van der Waals surface area contributed by atoms with Gasteiger partial charge in [-0.15, -0.1) is 0 Å². The lowest BCUT2D eigenvalue weighted by molar-refractivity contribution is 0.100. The Labute approximate surface area is 112 Å². The van der Waals surface area contributed by atoms with Crippen molar-refractivity contribution in [2.75, 3.05) is 18.4 Å². The van der Waals surface area contributed by atoms with Gasteiger partial charge in [-0.05, 0) is 51.1 Å². The molecule has 1 aliphatic heterocycles. The van der Waals surface area contributed by atoms with Gasteiger partial charge >= 0.3 is 0 Å². The Morgan fingerprint density at radius 2 is 2.11 bits per heavy atom. The first kappa shape index (κ1) is 13.2. The molecule has 1 saturated heterocycles. The highest BCUT2D eigenvalue weighted by Gasteiger charge is 2.26. The van der Waals surface area contributed by atoms with E-state index in [2.05, 4.69) is 17.6 Å². The summed E-state index contributed by atoms with van der Waals surface area (Å²) in [5.74, 6) is -0.462. The second-order valence-corrected chi connectivity index (χ2v) is 5.40. The van der Waals surface area contributed by atoms with Crippen molar-refractivity contribution in [2.45, 2.75) is 25.3 Å². The summed E-state index contributed by atoms with van der Waals surface area (Å²) in [6.07, 6.45) is 2.09. The molecule has 0 spiro atoms. The van der Waals surface area contributed by atoms with Crippen LogP contribution >= 0.6 is 11.6 Å². The van der Waals surface area contributed by atoms with Crippen LogP contribution in [0.15, 0.2) is 18.2 Å². The molecule has 0 unspecified atom stereocenters. The van der Waals surface area contributed by atoms with Crippen molar-refractivity contribution in [3.05, 3.63) is 28.8 Å². The number of hydrogen-bond acceptors (Lipinski definition) is 3. The number of anilines is 1. The molecular weight excluding hydrogens is 250 g/mol. The van der Waals surface area contributed by atoms with E-state index in [0.717, 1.165) is 31.6 Å². The van der Waals surface area contributed by atoms with E-state index >= 15 is 0 Å². The Bertz CT molecular complexity index is 456. The van der Waals surface area contributed by atoms with E-state index in [4.69, 9.17) is 17.3 Å². The number of nitrogens with two attached hydrogens (primary N) is 1. The van der Waals surface area contributed by atoms with Crippen molar-refractivity contribution in [3.63, 3.8) is 0 Å². The summed E-state index contributed by atoms with van der Waals surface area (Å²) in [6.45, 7) is 4.19. The summed E-state index contributed by atoms with van der Waals surface area (Å²) in [7, 11) is 0. The van der Waals surface area contributed by atoms with Crippen molar-refractivity contribution in [2.24, 2.45) is 5.73 Å². The van der Waals surface area contributed by atoms with Crippen LogP contribution in [0.3, 0.4) is 0 Å². The van der Waals surface area contributed by atoms with Gasteiger partial charge in [0.25, 0.3) is 0 Å². The summed E-state index contributed by atoms with van der Waals surface area (Å²) < 4.78 is 0. The molecular formula is C13H18ClN3O. The smallest absolute Gasteiger partial charge is 0.248 e. The number of halogens is 1. The molecule has 1 amide bonds.